The summed E-state index contributed by atoms with van der Waals surface area (Å²) in [5, 5.41) is 14.7. The summed E-state index contributed by atoms with van der Waals surface area (Å²) in [5.74, 6) is 0.406. The Balaban J connectivity index is 0.000000126. The lowest BCUT2D eigenvalue weighted by molar-refractivity contribution is 1.09. The van der Waals surface area contributed by atoms with Crippen molar-refractivity contribution in [2.45, 2.75) is 0 Å². The summed E-state index contributed by atoms with van der Waals surface area (Å²) >= 11 is 5.71. The summed E-state index contributed by atoms with van der Waals surface area (Å²) in [6.07, 6.45) is 4.83. The van der Waals surface area contributed by atoms with Gasteiger partial charge in [0.25, 0.3) is 0 Å². The number of halogens is 1. The second-order valence-electron chi connectivity index (χ2n) is 3.91. The first-order valence-corrected chi connectivity index (χ1v) is 6.05. The predicted molar refractivity (Wildman–Crippen MR) is 77.2 cm³/mol. The van der Waals surface area contributed by atoms with E-state index in [-0.39, 0.29) is 11.9 Å². The number of fused-ring (bicyclic) bond motifs is 2. The number of H-pyrrole nitrogens is 2. The molecule has 4 aromatic heterocycles. The molecule has 0 radical (unpaired) electrons. The smallest absolute Gasteiger partial charge is 0.223 e. The fourth-order valence-electron chi connectivity index (χ4n) is 1.57. The van der Waals surface area contributed by atoms with Gasteiger partial charge in [-0.05, 0) is 0 Å². The first-order valence-electron chi connectivity index (χ1n) is 5.67. The Bertz CT molecular complexity index is 897. The van der Waals surface area contributed by atoms with Crippen LogP contribution in [0.4, 0.5) is 11.9 Å². The molecule has 11 heteroatoms. The molecule has 0 spiro atoms. The Morgan fingerprint density at radius 2 is 1.57 bits per heavy atom. The van der Waals surface area contributed by atoms with Crippen LogP contribution in [0.1, 0.15) is 0 Å². The van der Waals surface area contributed by atoms with Gasteiger partial charge in [0.05, 0.1) is 23.2 Å². The van der Waals surface area contributed by atoms with Gasteiger partial charge in [-0.25, -0.2) is 9.97 Å². The lowest BCUT2D eigenvalue weighted by atomic mass is 10.4. The highest BCUT2D eigenvalue weighted by molar-refractivity contribution is 6.33. The van der Waals surface area contributed by atoms with Crippen molar-refractivity contribution in [1.82, 2.24) is 40.3 Å². The lowest BCUT2D eigenvalue weighted by Gasteiger charge is -1.92. The Kier molecular flexibility index (Phi) is 3.20. The summed E-state index contributed by atoms with van der Waals surface area (Å²) in [6, 6.07) is 0. The number of aromatic nitrogens is 8. The summed E-state index contributed by atoms with van der Waals surface area (Å²) in [7, 11) is 0. The van der Waals surface area contributed by atoms with Crippen LogP contribution in [0.5, 0.6) is 0 Å². The van der Waals surface area contributed by atoms with Gasteiger partial charge in [0.1, 0.15) is 5.15 Å². The van der Waals surface area contributed by atoms with Gasteiger partial charge in [0.15, 0.2) is 11.3 Å². The molecule has 0 saturated carbocycles. The molecular formula is C10H9ClN10. The molecule has 4 heterocycles. The standard InChI is InChI=1S/C5H4ClN5.C5H5N5/c6-3-2-1-8-11-4(2)10-5(7)9-3;6-5-7-1-3-2-8-10-4(3)9-5/h1H,(H3,7,8,9,10,11);1-2H,(H3,6,7,8,9,10). The number of rotatable bonds is 0. The predicted octanol–water partition coefficient (Wildman–Crippen LogP) is 0.524. The Hall–Kier alpha value is -3.01. The van der Waals surface area contributed by atoms with Crippen molar-refractivity contribution in [3.05, 3.63) is 23.7 Å². The molecule has 0 aliphatic rings. The molecule has 6 N–H and O–H groups in total. The molecule has 0 saturated heterocycles. The van der Waals surface area contributed by atoms with Crippen LogP contribution >= 0.6 is 11.6 Å². The summed E-state index contributed by atoms with van der Waals surface area (Å²) in [4.78, 5) is 15.3. The van der Waals surface area contributed by atoms with Gasteiger partial charge in [-0.15, -0.1) is 0 Å². The monoisotopic (exact) mass is 304 g/mol. The minimum Gasteiger partial charge on any atom is -0.368 e. The third kappa shape index (κ3) is 2.65. The quantitative estimate of drug-likeness (QED) is 0.342. The molecule has 0 fully saturated rings. The van der Waals surface area contributed by atoms with E-state index < -0.39 is 0 Å². The zero-order valence-electron chi connectivity index (χ0n) is 10.4. The van der Waals surface area contributed by atoms with E-state index in [2.05, 4.69) is 40.3 Å². The van der Waals surface area contributed by atoms with Crippen LogP contribution in [-0.2, 0) is 0 Å². The maximum Gasteiger partial charge on any atom is 0.223 e. The minimum absolute atomic E-state index is 0.145. The Morgan fingerprint density at radius 3 is 2.43 bits per heavy atom. The van der Waals surface area contributed by atoms with Gasteiger partial charge in [0, 0.05) is 6.20 Å². The van der Waals surface area contributed by atoms with Crippen molar-refractivity contribution < 1.29 is 0 Å². The molecule has 0 bridgehead atoms. The van der Waals surface area contributed by atoms with E-state index in [0.29, 0.717) is 21.8 Å². The van der Waals surface area contributed by atoms with Gasteiger partial charge >= 0.3 is 0 Å². The number of nitrogens with zero attached hydrogens (tertiary/aromatic N) is 6. The normalized spacial score (nSPS) is 10.5. The maximum atomic E-state index is 5.71. The van der Waals surface area contributed by atoms with E-state index in [1.54, 1.807) is 18.6 Å². The Labute approximate surface area is 122 Å². The molecule has 0 unspecified atom stereocenters. The molecule has 106 valence electrons. The van der Waals surface area contributed by atoms with Crippen LogP contribution in [0.15, 0.2) is 18.6 Å². The lowest BCUT2D eigenvalue weighted by Crippen LogP contribution is -1.94. The molecule has 0 aliphatic carbocycles. The van der Waals surface area contributed by atoms with Crippen molar-refractivity contribution in [3.63, 3.8) is 0 Å². The topological polar surface area (TPSA) is 161 Å². The first kappa shape index (κ1) is 13.0. The third-order valence-electron chi connectivity index (χ3n) is 2.49. The zero-order chi connectivity index (χ0) is 14.8. The number of hydrogen-bond donors (Lipinski definition) is 4. The number of nitrogen functional groups attached to an aromatic ring is 2. The van der Waals surface area contributed by atoms with E-state index in [4.69, 9.17) is 23.1 Å². The van der Waals surface area contributed by atoms with Gasteiger partial charge in [-0.2, -0.15) is 20.2 Å². The Morgan fingerprint density at radius 1 is 0.857 bits per heavy atom. The van der Waals surface area contributed by atoms with Crippen molar-refractivity contribution in [2.24, 2.45) is 0 Å². The number of aromatic amines is 2. The largest absolute Gasteiger partial charge is 0.368 e. The van der Waals surface area contributed by atoms with Crippen LogP contribution < -0.4 is 11.5 Å². The molecule has 21 heavy (non-hydrogen) atoms. The average molecular weight is 305 g/mol. The molecule has 4 rings (SSSR count). The van der Waals surface area contributed by atoms with E-state index in [1.807, 2.05) is 0 Å². The number of hydrogen-bond acceptors (Lipinski definition) is 8. The molecule has 4 aromatic rings. The average Bonchev–Trinajstić information content (AvgIpc) is 3.06. The van der Waals surface area contributed by atoms with Crippen LogP contribution in [0.2, 0.25) is 5.15 Å². The molecule has 10 nitrogen and oxygen atoms in total. The summed E-state index contributed by atoms with van der Waals surface area (Å²) in [6.45, 7) is 0. The molecule has 0 atom stereocenters. The van der Waals surface area contributed by atoms with Crippen LogP contribution in [0.25, 0.3) is 22.1 Å². The fourth-order valence-corrected chi connectivity index (χ4v) is 1.79. The third-order valence-corrected chi connectivity index (χ3v) is 2.78. The fraction of sp³-hybridized carbons (Fsp3) is 0. The van der Waals surface area contributed by atoms with E-state index in [9.17, 15) is 0 Å². The first-order chi connectivity index (χ1) is 10.1. The highest BCUT2D eigenvalue weighted by Gasteiger charge is 2.03. The molecule has 0 aliphatic heterocycles. The number of anilines is 2. The molecular weight excluding hydrogens is 296 g/mol. The SMILES string of the molecule is Nc1nc(Cl)c2cn[nH]c2n1.Nc1ncc2cn[nH]c2n1. The van der Waals surface area contributed by atoms with E-state index in [1.165, 1.54) is 0 Å². The van der Waals surface area contributed by atoms with Gasteiger partial charge in [-0.1, -0.05) is 11.6 Å². The van der Waals surface area contributed by atoms with Crippen molar-refractivity contribution in [1.29, 1.82) is 0 Å². The summed E-state index contributed by atoms with van der Waals surface area (Å²) in [5.41, 5.74) is 11.9. The maximum absolute atomic E-state index is 5.71. The number of nitrogens with two attached hydrogens (primary N) is 2. The molecule has 0 amide bonds. The number of nitrogens with one attached hydrogen (secondary N) is 2. The van der Waals surface area contributed by atoms with Gasteiger partial charge in [-0.3, -0.25) is 10.2 Å². The summed E-state index contributed by atoms with van der Waals surface area (Å²) < 4.78 is 0. The second-order valence-corrected chi connectivity index (χ2v) is 4.27. The van der Waals surface area contributed by atoms with E-state index in [0.717, 1.165) is 5.39 Å². The highest BCUT2D eigenvalue weighted by atomic mass is 35.5. The van der Waals surface area contributed by atoms with Gasteiger partial charge in [0.2, 0.25) is 11.9 Å². The minimum atomic E-state index is 0.145. The second kappa shape index (κ2) is 5.17. The van der Waals surface area contributed by atoms with Crippen LogP contribution in [0.3, 0.4) is 0 Å². The van der Waals surface area contributed by atoms with Crippen molar-refractivity contribution >= 4 is 45.6 Å². The van der Waals surface area contributed by atoms with Crippen LogP contribution in [0, 0.1) is 0 Å². The highest BCUT2D eigenvalue weighted by Crippen LogP contribution is 2.17. The van der Waals surface area contributed by atoms with Gasteiger partial charge < -0.3 is 11.5 Å². The van der Waals surface area contributed by atoms with Crippen molar-refractivity contribution in [3.8, 4) is 0 Å². The zero-order valence-corrected chi connectivity index (χ0v) is 11.2. The molecule has 0 aromatic carbocycles. The van der Waals surface area contributed by atoms with Crippen LogP contribution in [-0.4, -0.2) is 40.3 Å². The van der Waals surface area contributed by atoms with E-state index >= 15 is 0 Å². The van der Waals surface area contributed by atoms with Crippen molar-refractivity contribution in [2.75, 3.05) is 11.5 Å².